The van der Waals surface area contributed by atoms with Gasteiger partial charge in [-0.3, -0.25) is 0 Å². The maximum atomic E-state index is 6.17. The van der Waals surface area contributed by atoms with Crippen LogP contribution in [0.15, 0.2) is 21.0 Å². The van der Waals surface area contributed by atoms with Crippen molar-refractivity contribution in [1.29, 1.82) is 0 Å². The lowest BCUT2D eigenvalue weighted by Crippen LogP contribution is -2.21. The standard InChI is InChI=1S/C13H15BrClNO/c1-7(2)16-6-12-8(3)10-4-9(14)5-11(15)13(10)17-12/h4-5,7,16H,6H2,1-3H3. The van der Waals surface area contributed by atoms with Gasteiger partial charge in [-0.05, 0) is 24.6 Å². The Balaban J connectivity index is 2.45. The van der Waals surface area contributed by atoms with Crippen molar-refractivity contribution in [3.8, 4) is 0 Å². The number of hydrogen-bond acceptors (Lipinski definition) is 2. The molecule has 0 radical (unpaired) electrons. The Kier molecular flexibility index (Phi) is 3.81. The maximum absolute atomic E-state index is 6.17. The van der Waals surface area contributed by atoms with Crippen molar-refractivity contribution in [3.05, 3.63) is 33.0 Å². The average molecular weight is 317 g/mol. The molecule has 0 spiro atoms. The monoisotopic (exact) mass is 315 g/mol. The van der Waals surface area contributed by atoms with Gasteiger partial charge in [0.2, 0.25) is 0 Å². The number of hydrogen-bond donors (Lipinski definition) is 1. The lowest BCUT2D eigenvalue weighted by atomic mass is 10.1. The van der Waals surface area contributed by atoms with Gasteiger partial charge in [0.15, 0.2) is 5.58 Å². The highest BCUT2D eigenvalue weighted by Gasteiger charge is 2.13. The zero-order chi connectivity index (χ0) is 12.6. The van der Waals surface area contributed by atoms with Gasteiger partial charge in [-0.15, -0.1) is 0 Å². The smallest absolute Gasteiger partial charge is 0.153 e. The quantitative estimate of drug-likeness (QED) is 0.891. The van der Waals surface area contributed by atoms with Crippen LogP contribution >= 0.6 is 27.5 Å². The minimum atomic E-state index is 0.435. The molecule has 0 aliphatic rings. The molecule has 0 saturated carbocycles. The van der Waals surface area contributed by atoms with Crippen LogP contribution < -0.4 is 5.32 Å². The molecule has 2 rings (SSSR count). The van der Waals surface area contributed by atoms with Crippen molar-refractivity contribution < 1.29 is 4.42 Å². The summed E-state index contributed by atoms with van der Waals surface area (Å²) in [7, 11) is 0. The average Bonchev–Trinajstić information content (AvgIpc) is 2.54. The molecule has 92 valence electrons. The van der Waals surface area contributed by atoms with Crippen LogP contribution in [0.4, 0.5) is 0 Å². The molecule has 0 saturated heterocycles. The second kappa shape index (κ2) is 5.01. The third kappa shape index (κ3) is 2.67. The van der Waals surface area contributed by atoms with E-state index in [9.17, 15) is 0 Å². The first kappa shape index (κ1) is 12.9. The van der Waals surface area contributed by atoms with Gasteiger partial charge in [0.05, 0.1) is 11.6 Å². The summed E-state index contributed by atoms with van der Waals surface area (Å²) >= 11 is 9.61. The molecule has 0 amide bonds. The number of nitrogens with one attached hydrogen (secondary N) is 1. The van der Waals surface area contributed by atoms with Crippen molar-refractivity contribution in [1.82, 2.24) is 5.32 Å². The number of rotatable bonds is 3. The molecule has 1 heterocycles. The van der Waals surface area contributed by atoms with Gasteiger partial charge in [-0.2, -0.15) is 0 Å². The van der Waals surface area contributed by atoms with Crippen LogP contribution in [0.1, 0.15) is 25.2 Å². The van der Waals surface area contributed by atoms with E-state index in [0.29, 0.717) is 11.1 Å². The largest absolute Gasteiger partial charge is 0.458 e. The predicted octanol–water partition coefficient (Wildman–Crippen LogP) is 4.66. The van der Waals surface area contributed by atoms with Gasteiger partial charge in [-0.25, -0.2) is 0 Å². The van der Waals surface area contributed by atoms with E-state index in [2.05, 4.69) is 42.0 Å². The topological polar surface area (TPSA) is 25.2 Å². The molecule has 4 heteroatoms. The zero-order valence-electron chi connectivity index (χ0n) is 10.1. The lowest BCUT2D eigenvalue weighted by molar-refractivity contribution is 0.485. The first-order valence-corrected chi connectivity index (χ1v) is 6.76. The first-order chi connectivity index (χ1) is 7.99. The van der Waals surface area contributed by atoms with Crippen LogP contribution in [-0.4, -0.2) is 6.04 Å². The Morgan fingerprint density at radius 2 is 2.12 bits per heavy atom. The number of benzene rings is 1. The summed E-state index contributed by atoms with van der Waals surface area (Å²) in [5.74, 6) is 0.953. The van der Waals surface area contributed by atoms with Gasteiger partial charge < -0.3 is 9.73 Å². The SMILES string of the molecule is Cc1c(CNC(C)C)oc2c(Cl)cc(Br)cc12. The molecule has 0 unspecified atom stereocenters. The van der Waals surface area contributed by atoms with Gasteiger partial charge in [0.1, 0.15) is 5.76 Å². The Bertz CT molecular complexity index is 548. The molecule has 1 aromatic carbocycles. The van der Waals surface area contributed by atoms with Gasteiger partial charge in [-0.1, -0.05) is 41.4 Å². The van der Waals surface area contributed by atoms with Crippen LogP contribution in [0, 0.1) is 6.92 Å². The van der Waals surface area contributed by atoms with Crippen molar-refractivity contribution in [2.24, 2.45) is 0 Å². The Morgan fingerprint density at radius 3 is 2.76 bits per heavy atom. The van der Waals surface area contributed by atoms with Crippen molar-refractivity contribution in [2.75, 3.05) is 0 Å². The number of furan rings is 1. The summed E-state index contributed by atoms with van der Waals surface area (Å²) in [5.41, 5.74) is 1.92. The molecule has 0 aliphatic carbocycles. The van der Waals surface area contributed by atoms with E-state index in [0.717, 1.165) is 33.3 Å². The van der Waals surface area contributed by atoms with Gasteiger partial charge in [0, 0.05) is 15.9 Å². The number of aryl methyl sites for hydroxylation is 1. The Morgan fingerprint density at radius 1 is 1.41 bits per heavy atom. The minimum absolute atomic E-state index is 0.435. The Labute approximate surface area is 114 Å². The molecule has 17 heavy (non-hydrogen) atoms. The fraction of sp³-hybridized carbons (Fsp3) is 0.385. The molecule has 2 nitrogen and oxygen atoms in total. The minimum Gasteiger partial charge on any atom is -0.458 e. The molecule has 1 N–H and O–H groups in total. The third-order valence-corrected chi connectivity index (χ3v) is 3.47. The van der Waals surface area contributed by atoms with Crippen molar-refractivity contribution >= 4 is 38.5 Å². The van der Waals surface area contributed by atoms with Crippen LogP contribution in [0.25, 0.3) is 11.0 Å². The summed E-state index contributed by atoms with van der Waals surface area (Å²) in [6.07, 6.45) is 0. The van der Waals surface area contributed by atoms with E-state index < -0.39 is 0 Å². The fourth-order valence-electron chi connectivity index (χ4n) is 1.76. The zero-order valence-corrected chi connectivity index (χ0v) is 12.4. The van der Waals surface area contributed by atoms with Crippen molar-refractivity contribution in [2.45, 2.75) is 33.4 Å². The summed E-state index contributed by atoms with van der Waals surface area (Å²) in [4.78, 5) is 0. The molecule has 0 aliphatic heterocycles. The summed E-state index contributed by atoms with van der Waals surface area (Å²) in [6.45, 7) is 7.02. The molecular weight excluding hydrogens is 302 g/mol. The summed E-state index contributed by atoms with van der Waals surface area (Å²) in [6, 6.07) is 4.33. The highest BCUT2D eigenvalue weighted by atomic mass is 79.9. The van der Waals surface area contributed by atoms with E-state index in [-0.39, 0.29) is 0 Å². The molecule has 0 bridgehead atoms. The van der Waals surface area contributed by atoms with Gasteiger partial charge in [0.25, 0.3) is 0 Å². The van der Waals surface area contributed by atoms with E-state index in [1.165, 1.54) is 0 Å². The second-order valence-electron chi connectivity index (χ2n) is 4.45. The normalized spacial score (nSPS) is 11.6. The number of fused-ring (bicyclic) bond motifs is 1. The second-order valence-corrected chi connectivity index (χ2v) is 5.77. The van der Waals surface area contributed by atoms with Crippen LogP contribution in [0.5, 0.6) is 0 Å². The summed E-state index contributed by atoms with van der Waals surface area (Å²) < 4.78 is 6.79. The van der Waals surface area contributed by atoms with Crippen LogP contribution in [0.3, 0.4) is 0 Å². The Hall–Kier alpha value is -0.510. The fourth-order valence-corrected chi connectivity index (χ4v) is 2.61. The van der Waals surface area contributed by atoms with Crippen LogP contribution in [0.2, 0.25) is 5.02 Å². The molecule has 0 fully saturated rings. The molecular formula is C13H15BrClNO. The molecule has 1 aromatic heterocycles. The molecule has 2 aromatic rings. The lowest BCUT2D eigenvalue weighted by Gasteiger charge is -2.05. The van der Waals surface area contributed by atoms with Gasteiger partial charge >= 0.3 is 0 Å². The van der Waals surface area contributed by atoms with Crippen LogP contribution in [-0.2, 0) is 6.54 Å². The third-order valence-electron chi connectivity index (χ3n) is 2.73. The van der Waals surface area contributed by atoms with E-state index >= 15 is 0 Å². The van der Waals surface area contributed by atoms with Crippen molar-refractivity contribution in [3.63, 3.8) is 0 Å². The summed E-state index contributed by atoms with van der Waals surface area (Å²) in [5, 5.41) is 5.07. The highest BCUT2D eigenvalue weighted by molar-refractivity contribution is 9.10. The highest BCUT2D eigenvalue weighted by Crippen LogP contribution is 2.33. The van der Waals surface area contributed by atoms with E-state index in [1.54, 1.807) is 0 Å². The predicted molar refractivity (Wildman–Crippen MR) is 75.6 cm³/mol. The maximum Gasteiger partial charge on any atom is 0.153 e. The van der Waals surface area contributed by atoms with E-state index in [4.69, 9.17) is 16.0 Å². The van der Waals surface area contributed by atoms with E-state index in [1.807, 2.05) is 12.1 Å². The number of halogens is 2. The molecule has 0 atom stereocenters. The first-order valence-electron chi connectivity index (χ1n) is 5.59.